The van der Waals surface area contributed by atoms with Crippen molar-refractivity contribution in [1.82, 2.24) is 14.2 Å². The summed E-state index contributed by atoms with van der Waals surface area (Å²) in [4.78, 5) is 17.4. The Hall–Kier alpha value is -1.88. The Kier molecular flexibility index (Phi) is 3.92. The van der Waals surface area contributed by atoms with E-state index in [4.69, 9.17) is 0 Å². The summed E-state index contributed by atoms with van der Waals surface area (Å²) in [6.07, 6.45) is 2.81. The van der Waals surface area contributed by atoms with E-state index in [-0.39, 0.29) is 12.1 Å². The van der Waals surface area contributed by atoms with Gasteiger partial charge in [0.2, 0.25) is 0 Å². The maximum absolute atomic E-state index is 12.5. The van der Waals surface area contributed by atoms with Gasteiger partial charge in [0.1, 0.15) is 0 Å². The smallest absolute Gasteiger partial charge is 0.320 e. The number of hydrogen-bond donors (Lipinski definition) is 0. The molecule has 0 aliphatic carbocycles. The highest BCUT2D eigenvalue weighted by molar-refractivity contribution is 7.05. The number of likely N-dealkylation sites (tertiary alicyclic amines) is 1. The summed E-state index contributed by atoms with van der Waals surface area (Å²) in [5.74, 6) is 0.381. The topological polar surface area (TPSA) is 36.4 Å². The van der Waals surface area contributed by atoms with Crippen LogP contribution in [0.5, 0.6) is 0 Å². The molecule has 110 valence electrons. The fraction of sp³-hybridized carbons (Fsp3) is 0.375. The number of amides is 2. The number of carbonyl (C=O) groups excluding carboxylic acids is 1. The van der Waals surface area contributed by atoms with Crippen LogP contribution in [0.25, 0.3) is 0 Å². The van der Waals surface area contributed by atoms with E-state index in [1.54, 1.807) is 4.90 Å². The average Bonchev–Trinajstić information content (AvgIpc) is 3.16. The molecule has 1 aliphatic heterocycles. The van der Waals surface area contributed by atoms with Gasteiger partial charge in [-0.15, -0.1) is 0 Å². The molecule has 2 atom stereocenters. The van der Waals surface area contributed by atoms with Gasteiger partial charge in [-0.25, -0.2) is 9.17 Å². The third kappa shape index (κ3) is 2.78. The zero-order chi connectivity index (χ0) is 14.8. The second-order valence-electron chi connectivity index (χ2n) is 5.60. The molecule has 1 aromatic heterocycles. The second-order valence-corrected chi connectivity index (χ2v) is 6.47. The van der Waals surface area contributed by atoms with E-state index in [9.17, 15) is 4.79 Å². The SMILES string of the molecule is CN(C)C(=O)N1CC(c2ccns2)C[C@H]1c1ccccc1. The van der Waals surface area contributed by atoms with Crippen molar-refractivity contribution in [3.05, 3.63) is 53.0 Å². The highest BCUT2D eigenvalue weighted by Crippen LogP contribution is 2.41. The van der Waals surface area contributed by atoms with Crippen molar-refractivity contribution in [3.8, 4) is 0 Å². The second kappa shape index (κ2) is 5.85. The number of carbonyl (C=O) groups is 1. The Balaban J connectivity index is 1.89. The molecule has 1 unspecified atom stereocenters. The number of hydrogen-bond acceptors (Lipinski definition) is 3. The zero-order valence-electron chi connectivity index (χ0n) is 12.3. The van der Waals surface area contributed by atoms with Crippen LogP contribution in [0, 0.1) is 0 Å². The van der Waals surface area contributed by atoms with E-state index in [0.717, 1.165) is 13.0 Å². The predicted molar refractivity (Wildman–Crippen MR) is 84.4 cm³/mol. The quantitative estimate of drug-likeness (QED) is 0.853. The molecule has 2 amide bonds. The first-order chi connectivity index (χ1) is 10.2. The summed E-state index contributed by atoms with van der Waals surface area (Å²) in [6.45, 7) is 0.763. The molecule has 0 N–H and O–H groups in total. The Bertz CT molecular complexity index is 597. The third-order valence-corrected chi connectivity index (χ3v) is 4.88. The molecule has 0 spiro atoms. The summed E-state index contributed by atoms with van der Waals surface area (Å²) in [6, 6.07) is 12.6. The number of urea groups is 1. The summed E-state index contributed by atoms with van der Waals surface area (Å²) in [7, 11) is 3.62. The van der Waals surface area contributed by atoms with Gasteiger partial charge in [-0.3, -0.25) is 0 Å². The molecule has 1 aliphatic rings. The Morgan fingerprint density at radius 2 is 2.05 bits per heavy atom. The van der Waals surface area contributed by atoms with E-state index in [1.165, 1.54) is 22.0 Å². The van der Waals surface area contributed by atoms with Gasteiger partial charge in [-0.1, -0.05) is 30.3 Å². The molecule has 0 bridgehead atoms. The number of aromatic nitrogens is 1. The van der Waals surface area contributed by atoms with Crippen molar-refractivity contribution in [2.45, 2.75) is 18.4 Å². The summed E-state index contributed by atoms with van der Waals surface area (Å²) in [5.41, 5.74) is 1.21. The van der Waals surface area contributed by atoms with Gasteiger partial charge in [-0.05, 0) is 29.6 Å². The van der Waals surface area contributed by atoms with Crippen molar-refractivity contribution >= 4 is 17.6 Å². The first-order valence-electron chi connectivity index (χ1n) is 7.10. The molecule has 2 heterocycles. The molecule has 0 radical (unpaired) electrons. The average molecular weight is 301 g/mol. The van der Waals surface area contributed by atoms with Crippen LogP contribution in [0.15, 0.2) is 42.6 Å². The van der Waals surface area contributed by atoms with Crippen LogP contribution in [-0.2, 0) is 0 Å². The fourth-order valence-corrected chi connectivity index (χ4v) is 3.62. The molecule has 4 nitrogen and oxygen atoms in total. The maximum atomic E-state index is 12.5. The fourth-order valence-electron chi connectivity index (χ4n) is 2.94. The zero-order valence-corrected chi connectivity index (χ0v) is 13.1. The molecule has 3 rings (SSSR count). The molecular weight excluding hydrogens is 282 g/mol. The van der Waals surface area contributed by atoms with Gasteiger partial charge < -0.3 is 9.80 Å². The maximum Gasteiger partial charge on any atom is 0.320 e. The third-order valence-electron chi connectivity index (χ3n) is 3.97. The molecule has 21 heavy (non-hydrogen) atoms. The Morgan fingerprint density at radius 3 is 2.67 bits per heavy atom. The van der Waals surface area contributed by atoms with Crippen molar-refractivity contribution in [1.29, 1.82) is 0 Å². The summed E-state index contributed by atoms with van der Waals surface area (Å²) in [5, 5.41) is 0. The number of nitrogens with zero attached hydrogens (tertiary/aromatic N) is 3. The normalized spacial score (nSPS) is 21.5. The largest absolute Gasteiger partial charge is 0.331 e. The van der Waals surface area contributed by atoms with Crippen LogP contribution in [0.2, 0.25) is 0 Å². The van der Waals surface area contributed by atoms with Crippen molar-refractivity contribution in [3.63, 3.8) is 0 Å². The van der Waals surface area contributed by atoms with Gasteiger partial charge >= 0.3 is 6.03 Å². The molecular formula is C16H19N3OS. The van der Waals surface area contributed by atoms with Crippen LogP contribution < -0.4 is 0 Å². The lowest BCUT2D eigenvalue weighted by Crippen LogP contribution is -2.39. The Labute approximate surface area is 129 Å². The van der Waals surface area contributed by atoms with E-state index < -0.39 is 0 Å². The Morgan fingerprint density at radius 1 is 1.29 bits per heavy atom. The van der Waals surface area contributed by atoms with Crippen LogP contribution >= 0.6 is 11.5 Å². The van der Waals surface area contributed by atoms with Crippen molar-refractivity contribution < 1.29 is 4.79 Å². The standard InChI is InChI=1S/C16H19N3OS/c1-18(2)16(20)19-11-13(15-8-9-17-21-15)10-14(19)12-6-4-3-5-7-12/h3-9,13-14H,10-11H2,1-2H3/t13?,14-/m0/s1. The molecule has 1 aromatic carbocycles. The first kappa shape index (κ1) is 14.1. The van der Waals surface area contributed by atoms with E-state index in [0.29, 0.717) is 5.92 Å². The van der Waals surface area contributed by atoms with Crippen LogP contribution in [0.3, 0.4) is 0 Å². The minimum absolute atomic E-state index is 0.0795. The summed E-state index contributed by atoms with van der Waals surface area (Å²) >= 11 is 1.54. The molecule has 5 heteroatoms. The molecule has 0 saturated carbocycles. The molecule has 1 saturated heterocycles. The van der Waals surface area contributed by atoms with Crippen LogP contribution in [-0.4, -0.2) is 40.8 Å². The molecule has 1 fully saturated rings. The lowest BCUT2D eigenvalue weighted by Gasteiger charge is -2.28. The van der Waals surface area contributed by atoms with Crippen LogP contribution in [0.4, 0.5) is 4.79 Å². The van der Waals surface area contributed by atoms with Gasteiger partial charge in [0.05, 0.1) is 6.04 Å². The summed E-state index contributed by atoms with van der Waals surface area (Å²) < 4.78 is 4.20. The minimum Gasteiger partial charge on any atom is -0.331 e. The minimum atomic E-state index is 0.0795. The number of benzene rings is 1. The predicted octanol–water partition coefficient (Wildman–Crippen LogP) is 3.36. The van der Waals surface area contributed by atoms with Crippen molar-refractivity contribution in [2.24, 2.45) is 0 Å². The monoisotopic (exact) mass is 301 g/mol. The highest BCUT2D eigenvalue weighted by Gasteiger charge is 2.37. The van der Waals surface area contributed by atoms with E-state index in [2.05, 4.69) is 22.6 Å². The van der Waals surface area contributed by atoms with Gasteiger partial charge in [0, 0.05) is 37.6 Å². The lowest BCUT2D eigenvalue weighted by atomic mass is 9.99. The highest BCUT2D eigenvalue weighted by atomic mass is 32.1. The van der Waals surface area contributed by atoms with Crippen molar-refractivity contribution in [2.75, 3.05) is 20.6 Å². The lowest BCUT2D eigenvalue weighted by molar-refractivity contribution is 0.166. The van der Waals surface area contributed by atoms with Crippen LogP contribution in [0.1, 0.15) is 28.8 Å². The van der Waals surface area contributed by atoms with E-state index >= 15 is 0 Å². The number of rotatable bonds is 2. The molecule has 2 aromatic rings. The van der Waals surface area contributed by atoms with Gasteiger partial charge in [0.25, 0.3) is 0 Å². The van der Waals surface area contributed by atoms with Gasteiger partial charge in [-0.2, -0.15) is 0 Å². The first-order valence-corrected chi connectivity index (χ1v) is 7.87. The van der Waals surface area contributed by atoms with E-state index in [1.807, 2.05) is 43.4 Å². The van der Waals surface area contributed by atoms with Gasteiger partial charge in [0.15, 0.2) is 0 Å².